The molecule has 0 radical (unpaired) electrons. The summed E-state index contributed by atoms with van der Waals surface area (Å²) >= 11 is 0. The van der Waals surface area contributed by atoms with Crippen LogP contribution in [0.5, 0.6) is 0 Å². The molecule has 2 N–H and O–H groups in total. The van der Waals surface area contributed by atoms with Gasteiger partial charge in [0.1, 0.15) is 0 Å². The average molecular weight is 212 g/mol. The van der Waals surface area contributed by atoms with Gasteiger partial charge in [0.2, 0.25) is 5.91 Å². The minimum Gasteiger partial charge on any atom is -0.356 e. The third-order valence-electron chi connectivity index (χ3n) is 2.96. The van der Waals surface area contributed by atoms with Gasteiger partial charge in [0.25, 0.3) is 0 Å². The highest BCUT2D eigenvalue weighted by atomic mass is 16.1. The SMILES string of the molecule is CCCNC(=O)CCNC1CCCCC1. The second-order valence-electron chi connectivity index (χ2n) is 4.39. The summed E-state index contributed by atoms with van der Waals surface area (Å²) in [6.07, 6.45) is 8.29. The molecule has 15 heavy (non-hydrogen) atoms. The predicted molar refractivity (Wildman–Crippen MR) is 62.8 cm³/mol. The summed E-state index contributed by atoms with van der Waals surface area (Å²) in [6.45, 7) is 3.71. The molecule has 1 amide bonds. The van der Waals surface area contributed by atoms with Crippen LogP contribution in [0.2, 0.25) is 0 Å². The maximum Gasteiger partial charge on any atom is 0.221 e. The summed E-state index contributed by atoms with van der Waals surface area (Å²) in [5.41, 5.74) is 0. The standard InChI is InChI=1S/C12H24N2O/c1-2-9-14-12(15)8-10-13-11-6-4-3-5-7-11/h11,13H,2-10H2,1H3,(H,14,15). The summed E-state index contributed by atoms with van der Waals surface area (Å²) in [5.74, 6) is 0.181. The Hall–Kier alpha value is -0.570. The highest BCUT2D eigenvalue weighted by Crippen LogP contribution is 2.17. The molecule has 3 heteroatoms. The molecule has 1 saturated carbocycles. The molecule has 88 valence electrons. The Bertz CT molecular complexity index is 176. The van der Waals surface area contributed by atoms with Gasteiger partial charge in [-0.1, -0.05) is 26.2 Å². The van der Waals surface area contributed by atoms with Crippen molar-refractivity contribution in [2.24, 2.45) is 0 Å². The van der Waals surface area contributed by atoms with Gasteiger partial charge in [0.15, 0.2) is 0 Å². The van der Waals surface area contributed by atoms with Gasteiger partial charge in [0.05, 0.1) is 0 Å². The van der Waals surface area contributed by atoms with E-state index in [-0.39, 0.29) is 5.91 Å². The van der Waals surface area contributed by atoms with E-state index in [1.165, 1.54) is 32.1 Å². The molecule has 3 nitrogen and oxygen atoms in total. The Morgan fingerprint density at radius 2 is 1.93 bits per heavy atom. The van der Waals surface area contributed by atoms with Gasteiger partial charge in [-0.05, 0) is 19.3 Å². The number of carbonyl (C=O) groups excluding carboxylic acids is 1. The molecule has 0 spiro atoms. The highest BCUT2D eigenvalue weighted by molar-refractivity contribution is 5.75. The zero-order valence-electron chi connectivity index (χ0n) is 9.85. The Morgan fingerprint density at radius 3 is 2.60 bits per heavy atom. The average Bonchev–Trinajstić information content (AvgIpc) is 2.28. The van der Waals surface area contributed by atoms with Crippen LogP contribution in [-0.2, 0) is 4.79 Å². The summed E-state index contributed by atoms with van der Waals surface area (Å²) < 4.78 is 0. The molecule has 1 rings (SSSR count). The topological polar surface area (TPSA) is 41.1 Å². The Kier molecular flexibility index (Phi) is 6.41. The van der Waals surface area contributed by atoms with E-state index in [1.54, 1.807) is 0 Å². The fourth-order valence-electron chi connectivity index (χ4n) is 2.05. The van der Waals surface area contributed by atoms with Crippen molar-refractivity contribution in [3.8, 4) is 0 Å². The molecular formula is C12H24N2O. The van der Waals surface area contributed by atoms with E-state index in [0.29, 0.717) is 12.5 Å². The van der Waals surface area contributed by atoms with Crippen LogP contribution in [0.15, 0.2) is 0 Å². The summed E-state index contributed by atoms with van der Waals surface area (Å²) in [6, 6.07) is 0.665. The first-order valence-electron chi connectivity index (χ1n) is 6.33. The molecule has 0 heterocycles. The fourth-order valence-corrected chi connectivity index (χ4v) is 2.05. The van der Waals surface area contributed by atoms with Crippen molar-refractivity contribution < 1.29 is 4.79 Å². The van der Waals surface area contributed by atoms with Crippen LogP contribution < -0.4 is 10.6 Å². The van der Waals surface area contributed by atoms with E-state index in [1.807, 2.05) is 0 Å². The minimum atomic E-state index is 0.181. The van der Waals surface area contributed by atoms with E-state index in [9.17, 15) is 4.79 Å². The normalized spacial score (nSPS) is 17.7. The number of rotatable bonds is 6. The summed E-state index contributed by atoms with van der Waals surface area (Å²) in [5, 5.41) is 6.36. The van der Waals surface area contributed by atoms with E-state index >= 15 is 0 Å². The van der Waals surface area contributed by atoms with Crippen molar-refractivity contribution in [2.45, 2.75) is 57.9 Å². The Balaban J connectivity index is 1.97. The van der Waals surface area contributed by atoms with Crippen molar-refractivity contribution in [2.75, 3.05) is 13.1 Å². The maximum absolute atomic E-state index is 11.3. The number of hydrogen-bond donors (Lipinski definition) is 2. The zero-order chi connectivity index (χ0) is 10.9. The first-order chi connectivity index (χ1) is 7.33. The molecule has 0 aliphatic heterocycles. The van der Waals surface area contributed by atoms with E-state index in [2.05, 4.69) is 17.6 Å². The lowest BCUT2D eigenvalue weighted by atomic mass is 9.95. The Morgan fingerprint density at radius 1 is 1.20 bits per heavy atom. The van der Waals surface area contributed by atoms with Crippen LogP contribution in [0, 0.1) is 0 Å². The highest BCUT2D eigenvalue weighted by Gasteiger charge is 2.12. The van der Waals surface area contributed by atoms with Crippen LogP contribution in [0.1, 0.15) is 51.9 Å². The molecule has 1 fully saturated rings. The van der Waals surface area contributed by atoms with Crippen LogP contribution >= 0.6 is 0 Å². The van der Waals surface area contributed by atoms with Crippen molar-refractivity contribution in [3.05, 3.63) is 0 Å². The van der Waals surface area contributed by atoms with Crippen LogP contribution in [0.3, 0.4) is 0 Å². The van der Waals surface area contributed by atoms with E-state index in [4.69, 9.17) is 0 Å². The Labute approximate surface area is 93.0 Å². The second kappa shape index (κ2) is 7.69. The molecule has 0 aromatic rings. The van der Waals surface area contributed by atoms with Gasteiger partial charge < -0.3 is 10.6 Å². The lowest BCUT2D eigenvalue weighted by molar-refractivity contribution is -0.121. The molecule has 0 bridgehead atoms. The van der Waals surface area contributed by atoms with Crippen LogP contribution in [0.4, 0.5) is 0 Å². The van der Waals surface area contributed by atoms with Gasteiger partial charge in [0, 0.05) is 25.6 Å². The number of hydrogen-bond acceptors (Lipinski definition) is 2. The van der Waals surface area contributed by atoms with Crippen molar-refractivity contribution >= 4 is 5.91 Å². The molecule has 0 aromatic carbocycles. The zero-order valence-corrected chi connectivity index (χ0v) is 9.85. The quantitative estimate of drug-likeness (QED) is 0.705. The summed E-state index contributed by atoms with van der Waals surface area (Å²) in [4.78, 5) is 11.3. The predicted octanol–water partition coefficient (Wildman–Crippen LogP) is 1.82. The number of nitrogens with one attached hydrogen (secondary N) is 2. The van der Waals surface area contributed by atoms with Gasteiger partial charge in [-0.3, -0.25) is 4.79 Å². The molecule has 1 aliphatic carbocycles. The maximum atomic E-state index is 11.3. The van der Waals surface area contributed by atoms with Crippen LogP contribution in [-0.4, -0.2) is 25.0 Å². The second-order valence-corrected chi connectivity index (χ2v) is 4.39. The smallest absolute Gasteiger partial charge is 0.221 e. The third-order valence-corrected chi connectivity index (χ3v) is 2.96. The van der Waals surface area contributed by atoms with Crippen LogP contribution in [0.25, 0.3) is 0 Å². The van der Waals surface area contributed by atoms with Gasteiger partial charge in [-0.25, -0.2) is 0 Å². The van der Waals surface area contributed by atoms with Crippen molar-refractivity contribution in [1.29, 1.82) is 0 Å². The van der Waals surface area contributed by atoms with E-state index in [0.717, 1.165) is 19.5 Å². The summed E-state index contributed by atoms with van der Waals surface area (Å²) in [7, 11) is 0. The lowest BCUT2D eigenvalue weighted by Crippen LogP contribution is -2.34. The number of amides is 1. The third kappa shape index (κ3) is 5.78. The molecule has 1 aliphatic rings. The molecule has 0 saturated heterocycles. The first kappa shape index (κ1) is 12.5. The lowest BCUT2D eigenvalue weighted by Gasteiger charge is -2.22. The minimum absolute atomic E-state index is 0.181. The molecule has 0 unspecified atom stereocenters. The number of carbonyl (C=O) groups is 1. The monoisotopic (exact) mass is 212 g/mol. The largest absolute Gasteiger partial charge is 0.356 e. The first-order valence-corrected chi connectivity index (χ1v) is 6.33. The molecule has 0 atom stereocenters. The van der Waals surface area contributed by atoms with Crippen molar-refractivity contribution in [1.82, 2.24) is 10.6 Å². The van der Waals surface area contributed by atoms with Gasteiger partial charge >= 0.3 is 0 Å². The molecular weight excluding hydrogens is 188 g/mol. The van der Waals surface area contributed by atoms with Crippen molar-refractivity contribution in [3.63, 3.8) is 0 Å². The van der Waals surface area contributed by atoms with E-state index < -0.39 is 0 Å². The van der Waals surface area contributed by atoms with Gasteiger partial charge in [-0.2, -0.15) is 0 Å². The fraction of sp³-hybridized carbons (Fsp3) is 0.917. The molecule has 0 aromatic heterocycles. The van der Waals surface area contributed by atoms with Gasteiger partial charge in [-0.15, -0.1) is 0 Å².